The highest BCUT2D eigenvalue weighted by Gasteiger charge is 2.19. The number of anilines is 1. The molecule has 0 bridgehead atoms. The third-order valence-corrected chi connectivity index (χ3v) is 6.37. The average Bonchev–Trinajstić information content (AvgIpc) is 3.18. The van der Waals surface area contributed by atoms with Gasteiger partial charge in [-0.05, 0) is 55.8 Å². The lowest BCUT2D eigenvalue weighted by atomic mass is 10.1. The Kier molecular flexibility index (Phi) is 7.18. The standard InChI is InChI=1S/C24H29N3OS/c1-5-26(6-2)16-17-27(22(28)15-13-20-10-8-7-9-11-20)24-25-23-19(4)18(3)12-14-21(23)29-24/h7-15H,5-6,16-17H2,1-4H3/b15-13+. The fourth-order valence-electron chi connectivity index (χ4n) is 3.23. The van der Waals surface area contributed by atoms with Crippen molar-refractivity contribution in [1.82, 2.24) is 9.88 Å². The number of hydrogen-bond donors (Lipinski definition) is 0. The number of hydrogen-bond acceptors (Lipinski definition) is 4. The van der Waals surface area contributed by atoms with E-state index in [4.69, 9.17) is 4.98 Å². The average molecular weight is 408 g/mol. The van der Waals surface area contributed by atoms with Gasteiger partial charge in [0.05, 0.1) is 10.2 Å². The summed E-state index contributed by atoms with van der Waals surface area (Å²) >= 11 is 1.59. The number of rotatable bonds is 8. The molecule has 1 heterocycles. The Labute approximate surface area is 177 Å². The van der Waals surface area contributed by atoms with Gasteiger partial charge in [-0.25, -0.2) is 4.98 Å². The van der Waals surface area contributed by atoms with Crippen molar-refractivity contribution in [3.05, 3.63) is 65.2 Å². The largest absolute Gasteiger partial charge is 0.302 e. The molecule has 0 radical (unpaired) electrons. The summed E-state index contributed by atoms with van der Waals surface area (Å²) in [6.45, 7) is 11.9. The molecule has 1 aromatic heterocycles. The van der Waals surface area contributed by atoms with Crippen molar-refractivity contribution in [3.63, 3.8) is 0 Å². The fraction of sp³-hybridized carbons (Fsp3) is 0.333. The summed E-state index contributed by atoms with van der Waals surface area (Å²) < 4.78 is 1.12. The summed E-state index contributed by atoms with van der Waals surface area (Å²) in [6, 6.07) is 14.1. The van der Waals surface area contributed by atoms with E-state index < -0.39 is 0 Å². The first-order valence-electron chi connectivity index (χ1n) is 10.2. The highest BCUT2D eigenvalue weighted by molar-refractivity contribution is 7.22. The molecule has 2 aromatic carbocycles. The van der Waals surface area contributed by atoms with Gasteiger partial charge in [0.1, 0.15) is 0 Å². The van der Waals surface area contributed by atoms with Gasteiger partial charge < -0.3 is 4.90 Å². The van der Waals surface area contributed by atoms with Crippen LogP contribution >= 0.6 is 11.3 Å². The molecule has 0 atom stereocenters. The predicted molar refractivity (Wildman–Crippen MR) is 125 cm³/mol. The maximum Gasteiger partial charge on any atom is 0.252 e. The maximum absolute atomic E-state index is 13.1. The fourth-order valence-corrected chi connectivity index (χ4v) is 4.29. The summed E-state index contributed by atoms with van der Waals surface area (Å²) in [4.78, 5) is 22.1. The zero-order valence-corrected chi connectivity index (χ0v) is 18.5. The molecule has 29 heavy (non-hydrogen) atoms. The molecule has 0 N–H and O–H groups in total. The summed E-state index contributed by atoms with van der Waals surface area (Å²) in [6.07, 6.45) is 3.53. The zero-order chi connectivity index (χ0) is 20.8. The Bertz CT molecular complexity index is 990. The van der Waals surface area contributed by atoms with Crippen LogP contribution in [0.4, 0.5) is 5.13 Å². The lowest BCUT2D eigenvalue weighted by molar-refractivity contribution is -0.114. The number of thiazole rings is 1. The van der Waals surface area contributed by atoms with Crippen LogP contribution in [-0.2, 0) is 4.79 Å². The van der Waals surface area contributed by atoms with E-state index >= 15 is 0 Å². The summed E-state index contributed by atoms with van der Waals surface area (Å²) in [5.41, 5.74) is 4.42. The van der Waals surface area contributed by atoms with E-state index in [-0.39, 0.29) is 5.91 Å². The van der Waals surface area contributed by atoms with E-state index in [0.29, 0.717) is 6.54 Å². The number of fused-ring (bicyclic) bond motifs is 1. The molecule has 0 spiro atoms. The van der Waals surface area contributed by atoms with Crippen LogP contribution in [0, 0.1) is 13.8 Å². The molecule has 0 saturated carbocycles. The molecule has 3 rings (SSSR count). The predicted octanol–water partition coefficient (Wildman–Crippen LogP) is 5.30. The van der Waals surface area contributed by atoms with Gasteiger partial charge >= 0.3 is 0 Å². The molecule has 0 unspecified atom stereocenters. The number of aryl methyl sites for hydroxylation is 2. The van der Waals surface area contributed by atoms with E-state index in [9.17, 15) is 4.79 Å². The zero-order valence-electron chi connectivity index (χ0n) is 17.7. The summed E-state index contributed by atoms with van der Waals surface area (Å²) in [7, 11) is 0. The van der Waals surface area contributed by atoms with E-state index in [1.54, 1.807) is 17.4 Å². The van der Waals surface area contributed by atoms with Gasteiger partial charge in [0.25, 0.3) is 5.91 Å². The Balaban J connectivity index is 1.91. The number of amides is 1. The van der Waals surface area contributed by atoms with E-state index in [1.807, 2.05) is 41.3 Å². The minimum Gasteiger partial charge on any atom is -0.302 e. The molecule has 0 fully saturated rings. The van der Waals surface area contributed by atoms with Crippen LogP contribution in [0.5, 0.6) is 0 Å². The van der Waals surface area contributed by atoms with Gasteiger partial charge in [0.2, 0.25) is 0 Å². The number of likely N-dealkylation sites (N-methyl/N-ethyl adjacent to an activating group) is 1. The lowest BCUT2D eigenvalue weighted by Gasteiger charge is -2.23. The van der Waals surface area contributed by atoms with Gasteiger partial charge in [-0.2, -0.15) is 0 Å². The Morgan fingerprint density at radius 3 is 2.45 bits per heavy atom. The van der Waals surface area contributed by atoms with Crippen LogP contribution in [0.3, 0.4) is 0 Å². The van der Waals surface area contributed by atoms with Crippen LogP contribution in [0.2, 0.25) is 0 Å². The van der Waals surface area contributed by atoms with Gasteiger partial charge in [-0.1, -0.05) is 61.6 Å². The lowest BCUT2D eigenvalue weighted by Crippen LogP contribution is -2.38. The molecule has 0 aliphatic heterocycles. The Hall–Kier alpha value is -2.50. The molecule has 0 aliphatic carbocycles. The molecular formula is C24H29N3OS. The van der Waals surface area contributed by atoms with E-state index in [0.717, 1.165) is 40.5 Å². The first kappa shape index (κ1) is 21.2. The van der Waals surface area contributed by atoms with Crippen molar-refractivity contribution >= 4 is 38.7 Å². The number of benzene rings is 2. The first-order chi connectivity index (χ1) is 14.0. The molecule has 0 aliphatic rings. The highest BCUT2D eigenvalue weighted by atomic mass is 32.1. The van der Waals surface area contributed by atoms with Crippen LogP contribution in [0.1, 0.15) is 30.5 Å². The molecular weight excluding hydrogens is 378 g/mol. The van der Waals surface area contributed by atoms with Crippen molar-refractivity contribution in [2.45, 2.75) is 27.7 Å². The van der Waals surface area contributed by atoms with Crippen LogP contribution in [0.15, 0.2) is 48.5 Å². The normalized spacial score (nSPS) is 11.6. The molecule has 1 amide bonds. The van der Waals surface area contributed by atoms with Gasteiger partial charge in [-0.15, -0.1) is 0 Å². The number of aromatic nitrogens is 1. The van der Waals surface area contributed by atoms with Crippen molar-refractivity contribution in [2.75, 3.05) is 31.1 Å². The SMILES string of the molecule is CCN(CC)CCN(C(=O)/C=C/c1ccccc1)c1nc2c(C)c(C)ccc2s1. The van der Waals surface area contributed by atoms with Crippen LogP contribution in [-0.4, -0.2) is 42.0 Å². The minimum atomic E-state index is -0.0329. The first-order valence-corrected chi connectivity index (χ1v) is 11.0. The minimum absolute atomic E-state index is 0.0329. The monoisotopic (exact) mass is 407 g/mol. The van der Waals surface area contributed by atoms with Gasteiger partial charge in [0.15, 0.2) is 5.13 Å². The molecule has 5 heteroatoms. The third kappa shape index (κ3) is 5.11. The second-order valence-corrected chi connectivity index (χ2v) is 8.12. The van der Waals surface area contributed by atoms with Crippen LogP contribution < -0.4 is 4.90 Å². The maximum atomic E-state index is 13.1. The van der Waals surface area contributed by atoms with Gasteiger partial charge in [-0.3, -0.25) is 9.69 Å². The number of carbonyl (C=O) groups excluding carboxylic acids is 1. The molecule has 152 valence electrons. The van der Waals surface area contributed by atoms with Gasteiger partial charge in [0, 0.05) is 19.2 Å². The Morgan fingerprint density at radius 1 is 1.03 bits per heavy atom. The number of nitrogens with zero attached hydrogens (tertiary/aromatic N) is 3. The quantitative estimate of drug-likeness (QED) is 0.475. The summed E-state index contributed by atoms with van der Waals surface area (Å²) in [5.74, 6) is -0.0329. The van der Waals surface area contributed by atoms with E-state index in [2.05, 4.69) is 44.7 Å². The molecule has 0 saturated heterocycles. The molecule has 4 nitrogen and oxygen atoms in total. The van der Waals surface area contributed by atoms with Crippen LogP contribution in [0.25, 0.3) is 16.3 Å². The number of carbonyl (C=O) groups is 1. The van der Waals surface area contributed by atoms with Crippen molar-refractivity contribution in [2.24, 2.45) is 0 Å². The van der Waals surface area contributed by atoms with E-state index in [1.165, 1.54) is 11.1 Å². The Morgan fingerprint density at radius 2 is 1.76 bits per heavy atom. The molecule has 3 aromatic rings. The van der Waals surface area contributed by atoms with Crippen molar-refractivity contribution < 1.29 is 4.79 Å². The summed E-state index contributed by atoms with van der Waals surface area (Å²) in [5, 5.41) is 0.767. The van der Waals surface area contributed by atoms with Crippen molar-refractivity contribution in [3.8, 4) is 0 Å². The second kappa shape index (κ2) is 9.81. The third-order valence-electron chi connectivity index (χ3n) is 5.32. The topological polar surface area (TPSA) is 36.4 Å². The smallest absolute Gasteiger partial charge is 0.252 e. The van der Waals surface area contributed by atoms with Crippen molar-refractivity contribution in [1.29, 1.82) is 0 Å². The second-order valence-electron chi connectivity index (χ2n) is 7.11. The highest BCUT2D eigenvalue weighted by Crippen LogP contribution is 2.32.